The van der Waals surface area contributed by atoms with Gasteiger partial charge in [0.05, 0.1) is 22.1 Å². The summed E-state index contributed by atoms with van der Waals surface area (Å²) in [6.45, 7) is 7.35. The van der Waals surface area contributed by atoms with E-state index in [-0.39, 0.29) is 18.3 Å². The van der Waals surface area contributed by atoms with Gasteiger partial charge in [-0.2, -0.15) is 4.98 Å². The van der Waals surface area contributed by atoms with Crippen molar-refractivity contribution in [1.82, 2.24) is 25.2 Å². The smallest absolute Gasteiger partial charge is 0.251 e. The van der Waals surface area contributed by atoms with Crippen LogP contribution < -0.4 is 21.3 Å². The lowest BCUT2D eigenvalue weighted by molar-refractivity contribution is 0.0963. The van der Waals surface area contributed by atoms with Crippen LogP contribution in [0.1, 0.15) is 17.3 Å². The number of benzene rings is 1. The second-order valence-electron chi connectivity index (χ2n) is 8.37. The Hall–Kier alpha value is -3.47. The summed E-state index contributed by atoms with van der Waals surface area (Å²) in [5.74, 6) is 1.65. The van der Waals surface area contributed by atoms with Crippen LogP contribution in [0.2, 0.25) is 0 Å². The fourth-order valence-corrected chi connectivity index (χ4v) is 5.16. The number of anilines is 4. The first-order chi connectivity index (χ1) is 17.1. The summed E-state index contributed by atoms with van der Waals surface area (Å²) >= 11 is 1.49. The Morgan fingerprint density at radius 3 is 2.64 bits per heavy atom. The number of piperazine rings is 1. The van der Waals surface area contributed by atoms with Gasteiger partial charge in [0.15, 0.2) is 0 Å². The highest BCUT2D eigenvalue weighted by Crippen LogP contribution is 2.36. The van der Waals surface area contributed by atoms with Crippen molar-refractivity contribution >= 4 is 63.1 Å². The number of nitrogens with zero attached hydrogens (tertiary/aromatic N) is 5. The van der Waals surface area contributed by atoms with E-state index >= 15 is 0 Å². The number of pyridine rings is 1. The number of aromatic nitrogens is 3. The summed E-state index contributed by atoms with van der Waals surface area (Å²) in [5.41, 5.74) is 10.2. The molecule has 1 saturated heterocycles. The summed E-state index contributed by atoms with van der Waals surface area (Å²) < 4.78 is 0.815. The highest BCUT2D eigenvalue weighted by atomic mass is 35.5. The minimum atomic E-state index is -0.133. The van der Waals surface area contributed by atoms with Crippen molar-refractivity contribution in [1.29, 1.82) is 0 Å². The van der Waals surface area contributed by atoms with E-state index in [9.17, 15) is 4.79 Å². The number of amides is 1. The van der Waals surface area contributed by atoms with E-state index in [4.69, 9.17) is 10.7 Å². The van der Waals surface area contributed by atoms with Crippen LogP contribution in [-0.4, -0.2) is 65.5 Å². The van der Waals surface area contributed by atoms with Gasteiger partial charge in [-0.05, 0) is 36.4 Å². The molecule has 0 saturated carbocycles. The highest BCUT2D eigenvalue weighted by molar-refractivity contribution is 7.18. The summed E-state index contributed by atoms with van der Waals surface area (Å²) in [5, 5.41) is 7.90. The van der Waals surface area contributed by atoms with E-state index in [2.05, 4.69) is 37.3 Å². The second-order valence-corrected chi connectivity index (χ2v) is 9.25. The van der Waals surface area contributed by atoms with E-state index in [0.29, 0.717) is 17.3 Å². The van der Waals surface area contributed by atoms with Crippen LogP contribution >= 0.6 is 23.7 Å². The van der Waals surface area contributed by atoms with Crippen molar-refractivity contribution in [2.45, 2.75) is 6.92 Å². The van der Waals surface area contributed by atoms with Crippen LogP contribution in [-0.2, 0) is 0 Å². The van der Waals surface area contributed by atoms with Gasteiger partial charge in [0.25, 0.3) is 5.91 Å². The average Bonchev–Trinajstić information content (AvgIpc) is 3.33. The number of nitrogens with one attached hydrogen (secondary N) is 2. The highest BCUT2D eigenvalue weighted by Gasteiger charge is 2.17. The predicted molar refractivity (Wildman–Crippen MR) is 150 cm³/mol. The molecule has 1 aliphatic heterocycles. The molecule has 4 heterocycles. The molecule has 9 nitrogen and oxygen atoms in total. The maximum Gasteiger partial charge on any atom is 0.251 e. The van der Waals surface area contributed by atoms with Crippen molar-refractivity contribution in [3.63, 3.8) is 0 Å². The molecule has 1 fully saturated rings. The summed E-state index contributed by atoms with van der Waals surface area (Å²) in [6.07, 6.45) is 1.80. The number of fused-ring (bicyclic) bond motifs is 1. The first-order valence-electron chi connectivity index (χ1n) is 11.6. The SMILES string of the molecule is CCN1CCN(c2ccc(Nc3nc(N)c4scc(-c5cccc(C(=O)NC)c5)c4n3)cn2)CC1.Cl. The Morgan fingerprint density at radius 2 is 1.94 bits per heavy atom. The van der Waals surface area contributed by atoms with Crippen LogP contribution in [0.15, 0.2) is 48.0 Å². The number of hydrogen-bond acceptors (Lipinski definition) is 9. The van der Waals surface area contributed by atoms with Crippen molar-refractivity contribution < 1.29 is 4.79 Å². The molecule has 4 N–H and O–H groups in total. The molecular weight excluding hydrogens is 496 g/mol. The zero-order valence-corrected chi connectivity index (χ0v) is 21.8. The summed E-state index contributed by atoms with van der Waals surface area (Å²) in [7, 11) is 1.62. The fourth-order valence-electron chi connectivity index (χ4n) is 4.24. The maximum atomic E-state index is 12.1. The van der Waals surface area contributed by atoms with Crippen LogP contribution in [0.4, 0.5) is 23.3 Å². The number of nitrogen functional groups attached to an aromatic ring is 1. The number of thiophene rings is 1. The standard InChI is InChI=1S/C25H28N8OS.ClH/c1-3-32-9-11-33(12-10-32)20-8-7-18(14-28-20)29-25-30-21-19(15-35-22(21)23(26)31-25)16-5-4-6-17(13-16)24(34)27-2;/h4-8,13-15H,3,9-12H2,1-2H3,(H,27,34)(H3,26,29,30,31);1H. The Balaban J connectivity index is 0.00000304. The van der Waals surface area contributed by atoms with Crippen molar-refractivity contribution in [3.8, 4) is 11.1 Å². The van der Waals surface area contributed by atoms with E-state index in [0.717, 1.165) is 65.6 Å². The number of nitrogens with two attached hydrogens (primary N) is 1. The van der Waals surface area contributed by atoms with Gasteiger partial charge in [0.1, 0.15) is 11.6 Å². The number of carbonyl (C=O) groups excluding carboxylic acids is 1. The molecule has 3 aromatic heterocycles. The molecule has 0 bridgehead atoms. The van der Waals surface area contributed by atoms with Gasteiger partial charge in [-0.15, -0.1) is 23.7 Å². The molecular formula is C25H29ClN8OS. The van der Waals surface area contributed by atoms with E-state index in [1.54, 1.807) is 19.3 Å². The molecule has 11 heteroatoms. The number of rotatable bonds is 6. The molecule has 0 unspecified atom stereocenters. The third-order valence-corrected chi connectivity index (χ3v) is 7.24. The largest absolute Gasteiger partial charge is 0.382 e. The minimum absolute atomic E-state index is 0. The first-order valence-corrected chi connectivity index (χ1v) is 12.5. The fraction of sp³-hybridized carbons (Fsp3) is 0.280. The zero-order chi connectivity index (χ0) is 24.4. The van der Waals surface area contributed by atoms with Crippen LogP contribution in [0.3, 0.4) is 0 Å². The monoisotopic (exact) mass is 524 g/mol. The van der Waals surface area contributed by atoms with Gasteiger partial charge in [0.2, 0.25) is 5.95 Å². The van der Waals surface area contributed by atoms with Gasteiger partial charge in [-0.1, -0.05) is 19.1 Å². The Labute approximate surface area is 220 Å². The third kappa shape index (κ3) is 5.20. The van der Waals surface area contributed by atoms with Gasteiger partial charge in [-0.3, -0.25) is 4.79 Å². The molecule has 5 rings (SSSR count). The predicted octanol–water partition coefficient (Wildman–Crippen LogP) is 4.00. The van der Waals surface area contributed by atoms with E-state index in [1.807, 2.05) is 35.7 Å². The number of halogens is 1. The van der Waals surface area contributed by atoms with Crippen LogP contribution in [0, 0.1) is 0 Å². The average molecular weight is 525 g/mol. The molecule has 0 spiro atoms. The Morgan fingerprint density at radius 1 is 1.14 bits per heavy atom. The normalized spacial score (nSPS) is 13.9. The van der Waals surface area contributed by atoms with Crippen molar-refractivity contribution in [3.05, 3.63) is 53.5 Å². The number of hydrogen-bond donors (Lipinski definition) is 3. The van der Waals surface area contributed by atoms with Crippen molar-refractivity contribution in [2.24, 2.45) is 0 Å². The van der Waals surface area contributed by atoms with Gasteiger partial charge in [-0.25, -0.2) is 9.97 Å². The molecule has 1 amide bonds. The second kappa shape index (κ2) is 11.1. The Kier molecular flexibility index (Phi) is 7.88. The first kappa shape index (κ1) is 25.6. The molecule has 188 valence electrons. The summed E-state index contributed by atoms with van der Waals surface area (Å²) in [6, 6.07) is 11.5. The molecule has 0 atom stereocenters. The third-order valence-electron chi connectivity index (χ3n) is 6.25. The van der Waals surface area contributed by atoms with Gasteiger partial charge >= 0.3 is 0 Å². The quantitative estimate of drug-likeness (QED) is 0.347. The summed E-state index contributed by atoms with van der Waals surface area (Å²) in [4.78, 5) is 30.7. The van der Waals surface area contributed by atoms with Crippen LogP contribution in [0.25, 0.3) is 21.3 Å². The maximum absolute atomic E-state index is 12.1. The van der Waals surface area contributed by atoms with Crippen LogP contribution in [0.5, 0.6) is 0 Å². The number of likely N-dealkylation sites (N-methyl/N-ethyl adjacent to an activating group) is 1. The lowest BCUT2D eigenvalue weighted by atomic mass is 10.0. The van der Waals surface area contributed by atoms with Gasteiger partial charge < -0.3 is 26.2 Å². The molecule has 36 heavy (non-hydrogen) atoms. The molecule has 0 radical (unpaired) electrons. The van der Waals surface area contributed by atoms with E-state index in [1.165, 1.54) is 11.3 Å². The minimum Gasteiger partial charge on any atom is -0.382 e. The Bertz CT molecular complexity index is 1350. The molecule has 4 aromatic rings. The van der Waals surface area contributed by atoms with Crippen molar-refractivity contribution in [2.75, 3.05) is 55.7 Å². The van der Waals surface area contributed by atoms with E-state index < -0.39 is 0 Å². The lowest BCUT2D eigenvalue weighted by Crippen LogP contribution is -2.46. The zero-order valence-electron chi connectivity index (χ0n) is 20.2. The molecule has 1 aromatic carbocycles. The topological polar surface area (TPSA) is 112 Å². The number of carbonyl (C=O) groups is 1. The molecule has 0 aliphatic carbocycles. The van der Waals surface area contributed by atoms with Gasteiger partial charge in [0, 0.05) is 49.7 Å². The molecule has 1 aliphatic rings. The lowest BCUT2D eigenvalue weighted by Gasteiger charge is -2.34.